The van der Waals surface area contributed by atoms with Gasteiger partial charge in [0.2, 0.25) is 0 Å². The van der Waals surface area contributed by atoms with Crippen molar-refractivity contribution in [2.24, 2.45) is 7.05 Å². The highest BCUT2D eigenvalue weighted by Gasteiger charge is 2.22. The van der Waals surface area contributed by atoms with E-state index in [2.05, 4.69) is 55.6 Å². The van der Waals surface area contributed by atoms with Crippen LogP contribution in [0.1, 0.15) is 22.6 Å². The van der Waals surface area contributed by atoms with E-state index in [1.807, 2.05) is 37.2 Å². The number of rotatable bonds is 6. The lowest BCUT2D eigenvalue weighted by atomic mass is 10.1. The summed E-state index contributed by atoms with van der Waals surface area (Å²) >= 11 is 0. The van der Waals surface area contributed by atoms with E-state index >= 15 is 0 Å². The van der Waals surface area contributed by atoms with Crippen LogP contribution in [-0.2, 0) is 20.1 Å². The summed E-state index contributed by atoms with van der Waals surface area (Å²) in [5.41, 5.74) is 5.82. The number of hydrogen-bond donors (Lipinski definition) is 0. The van der Waals surface area contributed by atoms with Crippen molar-refractivity contribution in [2.45, 2.75) is 26.9 Å². The van der Waals surface area contributed by atoms with E-state index in [4.69, 9.17) is 9.97 Å². The van der Waals surface area contributed by atoms with Gasteiger partial charge in [0, 0.05) is 87.9 Å². The molecule has 0 unspecified atom stereocenters. The van der Waals surface area contributed by atoms with Crippen molar-refractivity contribution >= 4 is 18.2 Å². The van der Waals surface area contributed by atoms with Crippen molar-refractivity contribution < 1.29 is 0 Å². The molecule has 178 valence electrons. The molecule has 0 amide bonds. The quantitative estimate of drug-likeness (QED) is 0.422. The second kappa shape index (κ2) is 10.4. The summed E-state index contributed by atoms with van der Waals surface area (Å²) in [6.45, 7) is 9.77. The van der Waals surface area contributed by atoms with E-state index in [-0.39, 0.29) is 12.4 Å². The van der Waals surface area contributed by atoms with E-state index in [0.29, 0.717) is 0 Å². The second-order valence-electron chi connectivity index (χ2n) is 8.67. The molecule has 0 radical (unpaired) electrons. The third-order valence-corrected chi connectivity index (χ3v) is 6.59. The van der Waals surface area contributed by atoms with Crippen molar-refractivity contribution in [1.29, 1.82) is 0 Å². The standard InChI is InChI=1S/C25H30N8.ClH/c1-19-23(16-29-30(19)3)18-31-12-14-32(15-13-31)25-24(27-8-9-28-25)22-6-4-21(5-7-22)17-33-11-10-26-20(33)2;/h4-11,16H,12-15,17-18H2,1-3H3;1H. The molecule has 0 N–H and O–H groups in total. The molecule has 5 rings (SSSR count). The molecule has 1 fully saturated rings. The molecule has 9 heteroatoms. The van der Waals surface area contributed by atoms with Crippen LogP contribution in [-0.4, -0.2) is 60.4 Å². The summed E-state index contributed by atoms with van der Waals surface area (Å²) < 4.78 is 4.09. The Hall–Kier alpha value is -3.23. The van der Waals surface area contributed by atoms with Crippen LogP contribution >= 0.6 is 12.4 Å². The number of hydrogen-bond acceptors (Lipinski definition) is 6. The first kappa shape index (κ1) is 23.9. The number of piperazine rings is 1. The van der Waals surface area contributed by atoms with Crippen LogP contribution in [0, 0.1) is 13.8 Å². The average Bonchev–Trinajstić information content (AvgIpc) is 3.40. The minimum Gasteiger partial charge on any atom is -0.352 e. The van der Waals surface area contributed by atoms with E-state index in [9.17, 15) is 0 Å². The lowest BCUT2D eigenvalue weighted by molar-refractivity contribution is 0.249. The van der Waals surface area contributed by atoms with Gasteiger partial charge in [-0.05, 0) is 19.4 Å². The van der Waals surface area contributed by atoms with E-state index in [1.165, 1.54) is 16.8 Å². The van der Waals surface area contributed by atoms with Gasteiger partial charge < -0.3 is 9.47 Å². The number of aryl methyl sites for hydroxylation is 2. The summed E-state index contributed by atoms with van der Waals surface area (Å²) in [5, 5.41) is 4.38. The van der Waals surface area contributed by atoms with Crippen molar-refractivity contribution in [3.05, 3.63) is 77.9 Å². The summed E-state index contributed by atoms with van der Waals surface area (Å²) in [6.07, 6.45) is 9.41. The molecule has 1 aromatic carbocycles. The second-order valence-corrected chi connectivity index (χ2v) is 8.67. The molecule has 1 aliphatic heterocycles. The van der Waals surface area contributed by atoms with Gasteiger partial charge in [-0.15, -0.1) is 12.4 Å². The smallest absolute Gasteiger partial charge is 0.155 e. The maximum Gasteiger partial charge on any atom is 0.155 e. The van der Waals surface area contributed by atoms with Crippen LogP contribution in [0.3, 0.4) is 0 Å². The molecular weight excluding hydrogens is 448 g/mol. The maximum atomic E-state index is 4.72. The molecule has 0 atom stereocenters. The first-order valence-electron chi connectivity index (χ1n) is 11.4. The van der Waals surface area contributed by atoms with Crippen LogP contribution < -0.4 is 4.90 Å². The van der Waals surface area contributed by atoms with E-state index in [0.717, 1.165) is 62.2 Å². The zero-order valence-corrected chi connectivity index (χ0v) is 20.7. The number of aromatic nitrogens is 6. The molecule has 0 bridgehead atoms. The number of halogens is 1. The van der Waals surface area contributed by atoms with Crippen molar-refractivity contribution in [3.63, 3.8) is 0 Å². The summed E-state index contributed by atoms with van der Waals surface area (Å²) in [4.78, 5) is 18.6. The first-order chi connectivity index (χ1) is 16.1. The highest BCUT2D eigenvalue weighted by Crippen LogP contribution is 2.28. The molecule has 1 saturated heterocycles. The fraction of sp³-hybridized carbons (Fsp3) is 0.360. The molecule has 0 aliphatic carbocycles. The molecular formula is C25H31ClN8. The highest BCUT2D eigenvalue weighted by atomic mass is 35.5. The highest BCUT2D eigenvalue weighted by molar-refractivity contribution is 5.85. The first-order valence-corrected chi connectivity index (χ1v) is 11.4. The zero-order valence-electron chi connectivity index (χ0n) is 19.9. The predicted octanol–water partition coefficient (Wildman–Crippen LogP) is 3.48. The zero-order chi connectivity index (χ0) is 22.8. The van der Waals surface area contributed by atoms with Gasteiger partial charge in [-0.1, -0.05) is 24.3 Å². The fourth-order valence-corrected chi connectivity index (χ4v) is 4.36. The van der Waals surface area contributed by atoms with Crippen LogP contribution in [0.2, 0.25) is 0 Å². The molecule has 0 saturated carbocycles. The normalized spacial score (nSPS) is 14.3. The Bertz CT molecular complexity index is 1220. The molecule has 4 aromatic rings. The average molecular weight is 479 g/mol. The third-order valence-electron chi connectivity index (χ3n) is 6.59. The number of nitrogens with zero attached hydrogens (tertiary/aromatic N) is 8. The lowest BCUT2D eigenvalue weighted by Gasteiger charge is -2.35. The Morgan fingerprint density at radius 1 is 0.853 bits per heavy atom. The van der Waals surface area contributed by atoms with Crippen LogP contribution in [0.4, 0.5) is 5.82 Å². The van der Waals surface area contributed by atoms with Gasteiger partial charge in [0.15, 0.2) is 5.82 Å². The van der Waals surface area contributed by atoms with E-state index < -0.39 is 0 Å². The summed E-state index contributed by atoms with van der Waals surface area (Å²) in [7, 11) is 2.00. The molecule has 4 heterocycles. The number of benzene rings is 1. The Labute approximate surface area is 206 Å². The SMILES string of the molecule is Cc1nccn1Cc1ccc(-c2nccnc2N2CCN(Cc3cnn(C)c3C)CC2)cc1.Cl. The van der Waals surface area contributed by atoms with Gasteiger partial charge in [-0.25, -0.2) is 9.97 Å². The van der Waals surface area contributed by atoms with Crippen LogP contribution in [0.25, 0.3) is 11.3 Å². The lowest BCUT2D eigenvalue weighted by Crippen LogP contribution is -2.46. The van der Waals surface area contributed by atoms with Gasteiger partial charge in [-0.3, -0.25) is 14.6 Å². The van der Waals surface area contributed by atoms with Gasteiger partial charge >= 0.3 is 0 Å². The van der Waals surface area contributed by atoms with Gasteiger partial charge in [-0.2, -0.15) is 5.10 Å². The summed E-state index contributed by atoms with van der Waals surface area (Å²) in [6, 6.07) is 8.63. The third kappa shape index (κ3) is 4.98. The Kier molecular flexibility index (Phi) is 7.29. The molecule has 8 nitrogen and oxygen atoms in total. The van der Waals surface area contributed by atoms with Crippen molar-refractivity contribution in [1.82, 2.24) is 34.2 Å². The molecule has 34 heavy (non-hydrogen) atoms. The largest absolute Gasteiger partial charge is 0.352 e. The molecule has 0 spiro atoms. The van der Waals surface area contributed by atoms with Crippen molar-refractivity contribution in [3.8, 4) is 11.3 Å². The topological polar surface area (TPSA) is 67.9 Å². The minimum absolute atomic E-state index is 0. The van der Waals surface area contributed by atoms with Gasteiger partial charge in [0.1, 0.15) is 11.5 Å². The number of anilines is 1. The van der Waals surface area contributed by atoms with Crippen LogP contribution in [0.15, 0.2) is 55.2 Å². The van der Waals surface area contributed by atoms with Gasteiger partial charge in [0.25, 0.3) is 0 Å². The van der Waals surface area contributed by atoms with Crippen molar-refractivity contribution in [2.75, 3.05) is 31.1 Å². The minimum atomic E-state index is 0. The Morgan fingerprint density at radius 2 is 1.59 bits per heavy atom. The number of imidazole rings is 1. The fourth-order valence-electron chi connectivity index (χ4n) is 4.36. The Balaban J connectivity index is 0.00000274. The Morgan fingerprint density at radius 3 is 2.24 bits per heavy atom. The van der Waals surface area contributed by atoms with E-state index in [1.54, 1.807) is 12.4 Å². The summed E-state index contributed by atoms with van der Waals surface area (Å²) in [5.74, 6) is 1.99. The maximum absolute atomic E-state index is 4.72. The monoisotopic (exact) mass is 478 g/mol. The van der Waals surface area contributed by atoms with Crippen LogP contribution in [0.5, 0.6) is 0 Å². The molecule has 1 aliphatic rings. The predicted molar refractivity (Wildman–Crippen MR) is 136 cm³/mol. The molecule has 3 aromatic heterocycles. The van der Waals surface area contributed by atoms with Gasteiger partial charge in [0.05, 0.1) is 6.20 Å².